The first-order chi connectivity index (χ1) is 0. The zero-order valence-electron chi connectivity index (χ0n) is 1.63. The Balaban J connectivity index is 0. The molecule has 0 aliphatic heterocycles. The molecule has 4 heavy (non-hydrogen) atoms. The summed E-state index contributed by atoms with van der Waals surface area (Å²) in [4.78, 5) is 0. The minimum absolute atomic E-state index is 0. The van der Waals surface area contributed by atoms with E-state index in [9.17, 15) is 0 Å². The molecule has 0 unspecified atom stereocenters. The second-order valence-electron chi connectivity index (χ2n) is 0. The third-order valence-electron chi connectivity index (χ3n) is 0. The normalized spacial score (nSPS) is 0. The molecule has 0 rings (SSSR count). The van der Waals surface area contributed by atoms with Crippen LogP contribution in [0.2, 0.25) is 0 Å². The van der Waals surface area contributed by atoms with Crippen LogP contribution in [0, 0.1) is 0 Å². The van der Waals surface area contributed by atoms with E-state index in [-0.39, 0.29) is 76.8 Å². The molecule has 0 aromatic heterocycles. The minimum Gasteiger partial charge on any atom is -1.00 e. The minimum atomic E-state index is 0. The topological polar surface area (TPSA) is 0 Å². The second-order valence-corrected chi connectivity index (χ2v) is 0. The maximum atomic E-state index is 0. The molecular weight excluding hydrogens is 418 g/mol. The van der Waals surface area contributed by atoms with Gasteiger partial charge in [0.2, 0.25) is 0 Å². The van der Waals surface area contributed by atoms with Gasteiger partial charge in [-0.15, -0.1) is 0 Å². The van der Waals surface area contributed by atoms with Gasteiger partial charge in [-0.1, -0.05) is 0 Å². The van der Waals surface area contributed by atoms with Crippen molar-refractivity contribution in [1.82, 2.24) is 0 Å². The van der Waals surface area contributed by atoms with Crippen molar-refractivity contribution < 1.29 is 76.8 Å². The van der Waals surface area contributed by atoms with E-state index in [1.807, 2.05) is 0 Å². The molecule has 0 aromatic carbocycles. The van der Waals surface area contributed by atoms with E-state index in [2.05, 4.69) is 0 Å². The Morgan fingerprint density at radius 1 is 0.500 bits per heavy atom. The van der Waals surface area contributed by atoms with Crippen LogP contribution in [0.5, 0.6) is 0 Å². The molecule has 0 N–H and O–H groups in total. The van der Waals surface area contributed by atoms with Gasteiger partial charge in [0.15, 0.2) is 0 Å². The van der Waals surface area contributed by atoms with Crippen LogP contribution in [0.4, 0.5) is 0 Å². The Morgan fingerprint density at radius 2 is 0.500 bits per heavy atom. The van der Waals surface area contributed by atoms with E-state index in [1.165, 1.54) is 0 Å². The Hall–Kier alpha value is 2.31. The summed E-state index contributed by atoms with van der Waals surface area (Å²) in [6, 6.07) is 0. The van der Waals surface area contributed by atoms with Crippen LogP contribution in [0.1, 0.15) is 0 Å². The molecule has 1 radical (unpaired) electrons. The zero-order valence-corrected chi connectivity index (χ0v) is 9.98. The van der Waals surface area contributed by atoms with E-state index in [0.717, 1.165) is 0 Å². The first kappa shape index (κ1) is 33.3. The van der Waals surface area contributed by atoms with Crippen LogP contribution >= 0.6 is 0 Å². The van der Waals surface area contributed by atoms with Crippen molar-refractivity contribution in [3.63, 3.8) is 0 Å². The molecule has 0 heterocycles. The smallest absolute Gasteiger partial charge is 1.00 e. The maximum absolute atomic E-state index is 0. The van der Waals surface area contributed by atoms with Gasteiger partial charge >= 0.3 is 25.8 Å². The molecule has 0 atom stereocenters. The second kappa shape index (κ2) is 18.5. The molecule has 0 spiro atoms. The molecule has 0 saturated heterocycles. The van der Waals surface area contributed by atoms with Crippen LogP contribution in [0.3, 0.4) is 0 Å². The molecule has 0 bridgehead atoms. The van der Waals surface area contributed by atoms with Gasteiger partial charge in [-0.3, -0.25) is 0 Å². The third kappa shape index (κ3) is 8.85. The van der Waals surface area contributed by atoms with Crippen molar-refractivity contribution in [3.8, 4) is 0 Å². The SMILES string of the molecule is [Br-].[Br-].[Br-].[Hf+3]. The Kier molecular flexibility index (Phi) is 154. The van der Waals surface area contributed by atoms with E-state index < -0.39 is 0 Å². The van der Waals surface area contributed by atoms with Gasteiger partial charge in [-0.2, -0.15) is 0 Å². The van der Waals surface area contributed by atoms with Gasteiger partial charge in [0, 0.05) is 0 Å². The summed E-state index contributed by atoms with van der Waals surface area (Å²) >= 11 is 0. The fourth-order valence-corrected chi connectivity index (χ4v) is 0. The standard InChI is InChI=1S/3BrH.Hf/h3*1H;/q;;;+3/p-3. The van der Waals surface area contributed by atoms with Gasteiger partial charge in [0.25, 0.3) is 0 Å². The first-order valence-corrected chi connectivity index (χ1v) is 0. The van der Waals surface area contributed by atoms with Crippen molar-refractivity contribution in [2.45, 2.75) is 0 Å². The monoisotopic (exact) mass is 417 g/mol. The first-order valence-electron chi connectivity index (χ1n) is 0. The summed E-state index contributed by atoms with van der Waals surface area (Å²) in [6.45, 7) is 0. The molecule has 4 heteroatoms. The Labute approximate surface area is 75.8 Å². The molecular formula is Br3Hf. The van der Waals surface area contributed by atoms with Crippen LogP contribution < -0.4 is 50.9 Å². The number of halogens is 3. The average molecular weight is 418 g/mol. The number of hydrogen-bond acceptors (Lipinski definition) is 0. The molecule has 0 saturated carbocycles. The van der Waals surface area contributed by atoms with E-state index in [1.54, 1.807) is 0 Å². The molecule has 0 aromatic rings. The fraction of sp³-hybridized carbons (Fsp3) is 0. The van der Waals surface area contributed by atoms with Gasteiger partial charge < -0.3 is 50.9 Å². The molecule has 0 aliphatic carbocycles. The van der Waals surface area contributed by atoms with Gasteiger partial charge in [0.1, 0.15) is 0 Å². The van der Waals surface area contributed by atoms with Crippen molar-refractivity contribution in [2.75, 3.05) is 0 Å². The van der Waals surface area contributed by atoms with Crippen LogP contribution in [0.25, 0.3) is 0 Å². The van der Waals surface area contributed by atoms with Crippen LogP contribution in [0.15, 0.2) is 0 Å². The number of hydrogen-bond donors (Lipinski definition) is 0. The zero-order chi connectivity index (χ0) is 0. The van der Waals surface area contributed by atoms with Crippen molar-refractivity contribution in [3.05, 3.63) is 0 Å². The summed E-state index contributed by atoms with van der Waals surface area (Å²) in [7, 11) is 0. The van der Waals surface area contributed by atoms with Crippen molar-refractivity contribution in [1.29, 1.82) is 0 Å². The molecule has 0 amide bonds. The largest absolute Gasteiger partial charge is 3.00 e. The molecule has 25 valence electrons. The van der Waals surface area contributed by atoms with E-state index in [0.29, 0.717) is 0 Å². The van der Waals surface area contributed by atoms with Crippen LogP contribution in [-0.4, -0.2) is 0 Å². The van der Waals surface area contributed by atoms with Gasteiger partial charge in [-0.25, -0.2) is 0 Å². The maximum Gasteiger partial charge on any atom is 3.00 e. The number of rotatable bonds is 0. The molecule has 0 nitrogen and oxygen atoms in total. The van der Waals surface area contributed by atoms with Gasteiger partial charge in [-0.05, 0) is 0 Å². The molecule has 0 aliphatic rings. The predicted molar refractivity (Wildman–Crippen MR) is 0 cm³/mol. The average Bonchev–Trinajstić information content (AvgIpc) is 0. The summed E-state index contributed by atoms with van der Waals surface area (Å²) in [5, 5.41) is 0. The quantitative estimate of drug-likeness (QED) is 0.343. The molecule has 0 fully saturated rings. The Morgan fingerprint density at radius 3 is 0.500 bits per heavy atom. The van der Waals surface area contributed by atoms with Crippen molar-refractivity contribution in [2.24, 2.45) is 0 Å². The summed E-state index contributed by atoms with van der Waals surface area (Å²) in [6.07, 6.45) is 0. The van der Waals surface area contributed by atoms with Gasteiger partial charge in [0.05, 0.1) is 0 Å². The fourth-order valence-electron chi connectivity index (χ4n) is 0. The Bertz CT molecular complexity index is 3.25. The predicted octanol–water partition coefficient (Wildman–Crippen LogP) is -8.99. The summed E-state index contributed by atoms with van der Waals surface area (Å²) in [5.41, 5.74) is 0. The summed E-state index contributed by atoms with van der Waals surface area (Å²) in [5.74, 6) is 0. The van der Waals surface area contributed by atoms with Crippen LogP contribution in [-0.2, 0) is 25.8 Å². The van der Waals surface area contributed by atoms with E-state index >= 15 is 0 Å². The summed E-state index contributed by atoms with van der Waals surface area (Å²) < 4.78 is 0. The van der Waals surface area contributed by atoms with E-state index in [4.69, 9.17) is 0 Å². The van der Waals surface area contributed by atoms with Crippen molar-refractivity contribution >= 4 is 0 Å². The third-order valence-corrected chi connectivity index (χ3v) is 0.